The standard InChI is InChI=1S/C14H22N2O3/c1-19-11-5-4-9-16(10-8-14(17)18)13-7-3-2-6-12(13)15/h2-3,6-7H,4-5,8-11,15H2,1H3,(H,17,18). The van der Waals surface area contributed by atoms with Gasteiger partial charge in [-0.2, -0.15) is 0 Å². The summed E-state index contributed by atoms with van der Waals surface area (Å²) in [6, 6.07) is 7.54. The molecular weight excluding hydrogens is 244 g/mol. The van der Waals surface area contributed by atoms with Crippen molar-refractivity contribution in [3.05, 3.63) is 24.3 Å². The molecule has 0 fully saturated rings. The Kier molecular flexibility index (Phi) is 6.74. The maximum absolute atomic E-state index is 10.7. The molecule has 0 aliphatic rings. The Morgan fingerprint density at radius 3 is 2.68 bits per heavy atom. The van der Waals surface area contributed by atoms with Crippen molar-refractivity contribution in [3.8, 4) is 0 Å². The number of nitrogens with zero attached hydrogens (tertiary/aromatic N) is 1. The fourth-order valence-corrected chi connectivity index (χ4v) is 1.91. The molecule has 0 atom stereocenters. The largest absolute Gasteiger partial charge is 0.481 e. The first-order valence-corrected chi connectivity index (χ1v) is 6.45. The van der Waals surface area contributed by atoms with Crippen LogP contribution in [0.4, 0.5) is 11.4 Å². The van der Waals surface area contributed by atoms with Crippen LogP contribution in [0, 0.1) is 0 Å². The van der Waals surface area contributed by atoms with Crippen LogP contribution in [0.1, 0.15) is 19.3 Å². The van der Waals surface area contributed by atoms with Gasteiger partial charge in [0, 0.05) is 26.8 Å². The molecule has 1 aromatic carbocycles. The van der Waals surface area contributed by atoms with Crippen LogP contribution >= 0.6 is 0 Å². The van der Waals surface area contributed by atoms with Crippen LogP contribution in [-0.2, 0) is 9.53 Å². The van der Waals surface area contributed by atoms with Crippen molar-refractivity contribution in [2.24, 2.45) is 0 Å². The third kappa shape index (κ3) is 5.61. The second-order valence-electron chi connectivity index (χ2n) is 4.39. The van der Waals surface area contributed by atoms with E-state index >= 15 is 0 Å². The molecule has 1 rings (SSSR count). The first-order valence-electron chi connectivity index (χ1n) is 6.45. The van der Waals surface area contributed by atoms with Gasteiger partial charge in [-0.3, -0.25) is 4.79 Å². The topological polar surface area (TPSA) is 75.8 Å². The van der Waals surface area contributed by atoms with Gasteiger partial charge in [0.05, 0.1) is 17.8 Å². The van der Waals surface area contributed by atoms with Crippen molar-refractivity contribution >= 4 is 17.3 Å². The molecule has 0 spiro atoms. The first kappa shape index (κ1) is 15.3. The monoisotopic (exact) mass is 266 g/mol. The minimum atomic E-state index is -0.795. The fourth-order valence-electron chi connectivity index (χ4n) is 1.91. The van der Waals surface area contributed by atoms with Gasteiger partial charge >= 0.3 is 5.97 Å². The molecule has 106 valence electrons. The Morgan fingerprint density at radius 1 is 1.32 bits per heavy atom. The predicted octanol–water partition coefficient (Wildman–Crippen LogP) is 1.98. The van der Waals surface area contributed by atoms with Crippen molar-refractivity contribution in [2.45, 2.75) is 19.3 Å². The molecule has 0 amide bonds. The molecule has 0 aromatic heterocycles. The molecule has 0 radical (unpaired) electrons. The fraction of sp³-hybridized carbons (Fsp3) is 0.500. The van der Waals surface area contributed by atoms with E-state index in [4.69, 9.17) is 15.6 Å². The number of rotatable bonds is 9. The van der Waals surface area contributed by atoms with Gasteiger partial charge in [-0.25, -0.2) is 0 Å². The van der Waals surface area contributed by atoms with E-state index in [1.54, 1.807) is 7.11 Å². The third-order valence-corrected chi connectivity index (χ3v) is 2.90. The number of nitrogens with two attached hydrogens (primary N) is 1. The zero-order valence-corrected chi connectivity index (χ0v) is 11.3. The minimum absolute atomic E-state index is 0.110. The zero-order valence-electron chi connectivity index (χ0n) is 11.3. The lowest BCUT2D eigenvalue weighted by molar-refractivity contribution is -0.136. The van der Waals surface area contributed by atoms with Gasteiger partial charge in [-0.05, 0) is 25.0 Å². The second kappa shape index (κ2) is 8.37. The first-order chi connectivity index (χ1) is 9.15. The summed E-state index contributed by atoms with van der Waals surface area (Å²) in [6.07, 6.45) is 2.01. The summed E-state index contributed by atoms with van der Waals surface area (Å²) in [6.45, 7) is 1.97. The highest BCUT2D eigenvalue weighted by atomic mass is 16.5. The van der Waals surface area contributed by atoms with Crippen molar-refractivity contribution in [2.75, 3.05) is 37.4 Å². The molecule has 0 saturated carbocycles. The quantitative estimate of drug-likeness (QED) is 0.528. The number of aliphatic carboxylic acids is 1. The van der Waals surface area contributed by atoms with Crippen LogP contribution in [0.15, 0.2) is 24.3 Å². The van der Waals surface area contributed by atoms with E-state index in [0.717, 1.165) is 31.7 Å². The van der Waals surface area contributed by atoms with Crippen LogP contribution in [0.2, 0.25) is 0 Å². The summed E-state index contributed by atoms with van der Waals surface area (Å²) < 4.78 is 5.01. The number of hydrogen-bond donors (Lipinski definition) is 2. The maximum atomic E-state index is 10.7. The predicted molar refractivity (Wildman–Crippen MR) is 76.4 cm³/mol. The van der Waals surface area contributed by atoms with E-state index in [0.29, 0.717) is 12.2 Å². The molecule has 5 heteroatoms. The number of hydrogen-bond acceptors (Lipinski definition) is 4. The van der Waals surface area contributed by atoms with Gasteiger partial charge in [0.25, 0.3) is 0 Å². The summed E-state index contributed by atoms with van der Waals surface area (Å²) in [5.41, 5.74) is 7.53. The van der Waals surface area contributed by atoms with Crippen molar-refractivity contribution in [1.29, 1.82) is 0 Å². The number of ether oxygens (including phenoxy) is 1. The molecule has 1 aromatic rings. The number of benzene rings is 1. The van der Waals surface area contributed by atoms with E-state index in [2.05, 4.69) is 0 Å². The lowest BCUT2D eigenvalue weighted by Crippen LogP contribution is -2.28. The Labute approximate surface area is 114 Å². The van der Waals surface area contributed by atoms with Gasteiger partial charge in [0.15, 0.2) is 0 Å². The van der Waals surface area contributed by atoms with Crippen LogP contribution in [0.5, 0.6) is 0 Å². The Bertz CT molecular complexity index is 396. The molecule has 0 unspecified atom stereocenters. The second-order valence-corrected chi connectivity index (χ2v) is 4.39. The molecule has 0 bridgehead atoms. The SMILES string of the molecule is COCCCCN(CCC(=O)O)c1ccccc1N. The number of anilines is 2. The molecule has 0 heterocycles. The number of para-hydroxylation sites is 2. The highest BCUT2D eigenvalue weighted by Gasteiger charge is 2.10. The summed E-state index contributed by atoms with van der Waals surface area (Å²) in [5, 5.41) is 8.81. The number of methoxy groups -OCH3 is 1. The molecule has 19 heavy (non-hydrogen) atoms. The van der Waals surface area contributed by atoms with Crippen molar-refractivity contribution < 1.29 is 14.6 Å². The van der Waals surface area contributed by atoms with E-state index in [-0.39, 0.29) is 6.42 Å². The van der Waals surface area contributed by atoms with Crippen LogP contribution in [0.3, 0.4) is 0 Å². The molecule has 5 nitrogen and oxygen atoms in total. The van der Waals surface area contributed by atoms with Crippen molar-refractivity contribution in [3.63, 3.8) is 0 Å². The van der Waals surface area contributed by atoms with Gasteiger partial charge in [-0.1, -0.05) is 12.1 Å². The van der Waals surface area contributed by atoms with Crippen LogP contribution in [0.25, 0.3) is 0 Å². The summed E-state index contributed by atoms with van der Waals surface area (Å²) in [4.78, 5) is 12.7. The lowest BCUT2D eigenvalue weighted by atomic mass is 10.2. The van der Waals surface area contributed by atoms with Crippen LogP contribution < -0.4 is 10.6 Å². The molecule has 0 aliphatic heterocycles. The number of carboxylic acids is 1. The van der Waals surface area contributed by atoms with Gasteiger partial charge < -0.3 is 20.5 Å². The number of carboxylic acid groups (broad SMARTS) is 1. The number of carbonyl (C=O) groups is 1. The van der Waals surface area contributed by atoms with Crippen molar-refractivity contribution in [1.82, 2.24) is 0 Å². The molecule has 3 N–H and O–H groups in total. The lowest BCUT2D eigenvalue weighted by Gasteiger charge is -2.25. The van der Waals surface area contributed by atoms with Gasteiger partial charge in [0.2, 0.25) is 0 Å². The number of unbranched alkanes of at least 4 members (excludes halogenated alkanes) is 1. The Hall–Kier alpha value is -1.75. The molecule has 0 aliphatic carbocycles. The van der Waals surface area contributed by atoms with Crippen LogP contribution in [-0.4, -0.2) is 37.9 Å². The summed E-state index contributed by atoms with van der Waals surface area (Å²) >= 11 is 0. The normalized spacial score (nSPS) is 10.4. The third-order valence-electron chi connectivity index (χ3n) is 2.90. The number of nitrogen functional groups attached to an aromatic ring is 1. The average molecular weight is 266 g/mol. The minimum Gasteiger partial charge on any atom is -0.481 e. The van der Waals surface area contributed by atoms with Gasteiger partial charge in [-0.15, -0.1) is 0 Å². The molecule has 0 saturated heterocycles. The van der Waals surface area contributed by atoms with E-state index in [1.807, 2.05) is 29.2 Å². The summed E-state index contributed by atoms with van der Waals surface area (Å²) in [5.74, 6) is -0.795. The van der Waals surface area contributed by atoms with E-state index < -0.39 is 5.97 Å². The Balaban J connectivity index is 2.63. The van der Waals surface area contributed by atoms with Gasteiger partial charge in [0.1, 0.15) is 0 Å². The van der Waals surface area contributed by atoms with E-state index in [9.17, 15) is 4.79 Å². The average Bonchev–Trinajstić information content (AvgIpc) is 2.39. The zero-order chi connectivity index (χ0) is 14.1. The maximum Gasteiger partial charge on any atom is 0.305 e. The highest BCUT2D eigenvalue weighted by molar-refractivity contribution is 5.70. The highest BCUT2D eigenvalue weighted by Crippen LogP contribution is 2.23. The van der Waals surface area contributed by atoms with E-state index in [1.165, 1.54) is 0 Å². The Morgan fingerprint density at radius 2 is 2.05 bits per heavy atom. The smallest absolute Gasteiger partial charge is 0.305 e. The summed E-state index contributed by atoms with van der Waals surface area (Å²) in [7, 11) is 1.68. The molecular formula is C14H22N2O3.